The predicted octanol–water partition coefficient (Wildman–Crippen LogP) is 1.05. The molecule has 0 saturated heterocycles. The van der Waals surface area contributed by atoms with Gasteiger partial charge in [-0.2, -0.15) is 10.5 Å². The summed E-state index contributed by atoms with van der Waals surface area (Å²) in [6.45, 7) is 1.57. The molecule has 0 radical (unpaired) electrons. The summed E-state index contributed by atoms with van der Waals surface area (Å²) in [6, 6.07) is 4.00. The molecule has 0 aliphatic carbocycles. The zero-order valence-electron chi connectivity index (χ0n) is 9.24. The van der Waals surface area contributed by atoms with Gasteiger partial charge in [-0.1, -0.05) is 0 Å². The monoisotopic (exact) mass is 235 g/mol. The van der Waals surface area contributed by atoms with Crippen LogP contribution in [0.4, 0.5) is 10.7 Å². The van der Waals surface area contributed by atoms with Crippen LogP contribution < -0.4 is 11.1 Å². The summed E-state index contributed by atoms with van der Waals surface area (Å²) < 4.78 is 0. The molecule has 0 atom stereocenters. The number of rotatable bonds is 4. The van der Waals surface area contributed by atoms with Crippen LogP contribution in [0.15, 0.2) is 0 Å². The number of hydrogen-bond acceptors (Lipinski definition) is 6. The van der Waals surface area contributed by atoms with Crippen molar-refractivity contribution >= 4 is 22.0 Å². The Morgan fingerprint density at radius 3 is 2.56 bits per heavy atom. The van der Waals surface area contributed by atoms with Crippen molar-refractivity contribution in [2.75, 3.05) is 38.2 Å². The minimum absolute atomic E-state index is 0.280. The van der Waals surface area contributed by atoms with Crippen LogP contribution in [-0.4, -0.2) is 32.1 Å². The Kier molecular flexibility index (Phi) is 4.12. The number of likely N-dealkylation sites (N-methyl/N-ethyl adjacent to an activating group) is 1. The summed E-state index contributed by atoms with van der Waals surface area (Å²) in [6.07, 6.45) is 0. The van der Waals surface area contributed by atoms with Crippen LogP contribution in [-0.2, 0) is 0 Å². The second-order valence-corrected chi connectivity index (χ2v) is 4.52. The summed E-state index contributed by atoms with van der Waals surface area (Å²) in [4.78, 5) is 2.42. The Labute approximate surface area is 98.7 Å². The van der Waals surface area contributed by atoms with Gasteiger partial charge in [-0.05, 0) is 14.1 Å². The van der Waals surface area contributed by atoms with Gasteiger partial charge in [0.25, 0.3) is 0 Å². The zero-order valence-corrected chi connectivity index (χ0v) is 10.1. The van der Waals surface area contributed by atoms with Crippen molar-refractivity contribution in [3.63, 3.8) is 0 Å². The molecule has 1 aromatic rings. The maximum Gasteiger partial charge on any atom is 0.131 e. The third-order valence-electron chi connectivity index (χ3n) is 2.00. The van der Waals surface area contributed by atoms with Gasteiger partial charge >= 0.3 is 0 Å². The molecule has 0 amide bonds. The normalized spacial score (nSPS) is 9.81. The van der Waals surface area contributed by atoms with E-state index >= 15 is 0 Å². The van der Waals surface area contributed by atoms with E-state index in [0.717, 1.165) is 6.54 Å². The molecule has 0 aliphatic rings. The highest BCUT2D eigenvalue weighted by Gasteiger charge is 2.14. The molecule has 0 spiro atoms. The van der Waals surface area contributed by atoms with E-state index in [-0.39, 0.29) is 5.69 Å². The summed E-state index contributed by atoms with van der Waals surface area (Å²) in [5, 5.41) is 21.5. The molecule has 6 heteroatoms. The van der Waals surface area contributed by atoms with Gasteiger partial charge in [0.1, 0.15) is 27.6 Å². The van der Waals surface area contributed by atoms with Crippen molar-refractivity contribution in [2.24, 2.45) is 0 Å². The lowest BCUT2D eigenvalue weighted by Gasteiger charge is -2.10. The lowest BCUT2D eigenvalue weighted by atomic mass is 10.2. The number of nitrogens with one attached hydrogen (secondary N) is 1. The molecular weight excluding hydrogens is 222 g/mol. The minimum atomic E-state index is 0.280. The first-order chi connectivity index (χ1) is 7.60. The van der Waals surface area contributed by atoms with Gasteiger partial charge < -0.3 is 16.0 Å². The van der Waals surface area contributed by atoms with E-state index < -0.39 is 0 Å². The van der Waals surface area contributed by atoms with E-state index in [1.54, 1.807) is 0 Å². The zero-order chi connectivity index (χ0) is 12.1. The number of nitriles is 2. The largest absolute Gasteiger partial charge is 0.396 e. The second kappa shape index (κ2) is 5.36. The first-order valence-corrected chi connectivity index (χ1v) is 5.52. The fraction of sp³-hybridized carbons (Fsp3) is 0.400. The summed E-state index contributed by atoms with van der Waals surface area (Å²) >= 11 is 1.22. The molecule has 5 nitrogen and oxygen atoms in total. The topological polar surface area (TPSA) is 88.9 Å². The Hall–Kier alpha value is -1.76. The highest BCUT2D eigenvalue weighted by Crippen LogP contribution is 2.34. The van der Waals surface area contributed by atoms with E-state index in [2.05, 4.69) is 5.32 Å². The van der Waals surface area contributed by atoms with Crippen molar-refractivity contribution < 1.29 is 0 Å². The van der Waals surface area contributed by atoms with Crippen LogP contribution in [0, 0.1) is 22.7 Å². The Morgan fingerprint density at radius 1 is 1.38 bits per heavy atom. The van der Waals surface area contributed by atoms with E-state index in [1.807, 2.05) is 31.1 Å². The average Bonchev–Trinajstić information content (AvgIpc) is 2.54. The maximum absolute atomic E-state index is 8.93. The molecule has 0 aromatic carbocycles. The number of nitrogens with two attached hydrogens (primary N) is 1. The van der Waals surface area contributed by atoms with Gasteiger partial charge in [0, 0.05) is 13.1 Å². The molecule has 0 unspecified atom stereocenters. The smallest absolute Gasteiger partial charge is 0.131 e. The van der Waals surface area contributed by atoms with E-state index in [1.165, 1.54) is 11.3 Å². The van der Waals surface area contributed by atoms with Crippen molar-refractivity contribution in [2.45, 2.75) is 0 Å². The van der Waals surface area contributed by atoms with Crippen LogP contribution in [0.5, 0.6) is 0 Å². The third-order valence-corrected chi connectivity index (χ3v) is 3.07. The van der Waals surface area contributed by atoms with E-state index in [0.29, 0.717) is 22.0 Å². The molecule has 1 rings (SSSR count). The van der Waals surface area contributed by atoms with Crippen LogP contribution in [0.1, 0.15) is 10.4 Å². The fourth-order valence-corrected chi connectivity index (χ4v) is 2.05. The van der Waals surface area contributed by atoms with Gasteiger partial charge in [0.05, 0.1) is 5.69 Å². The van der Waals surface area contributed by atoms with Crippen molar-refractivity contribution in [3.8, 4) is 12.1 Å². The van der Waals surface area contributed by atoms with E-state index in [9.17, 15) is 0 Å². The van der Waals surface area contributed by atoms with Gasteiger partial charge in [0.15, 0.2) is 0 Å². The molecule has 0 fully saturated rings. The predicted molar refractivity (Wildman–Crippen MR) is 65.2 cm³/mol. The molecule has 3 N–H and O–H groups in total. The lowest BCUT2D eigenvalue weighted by Crippen LogP contribution is -2.20. The second-order valence-electron chi connectivity index (χ2n) is 3.50. The average molecular weight is 235 g/mol. The van der Waals surface area contributed by atoms with Gasteiger partial charge in [-0.25, -0.2) is 0 Å². The molecule has 0 bridgehead atoms. The highest BCUT2D eigenvalue weighted by molar-refractivity contribution is 7.17. The van der Waals surface area contributed by atoms with Gasteiger partial charge in [-0.15, -0.1) is 11.3 Å². The summed E-state index contributed by atoms with van der Waals surface area (Å²) in [5.41, 5.74) is 6.33. The van der Waals surface area contributed by atoms with Crippen LogP contribution in [0.3, 0.4) is 0 Å². The van der Waals surface area contributed by atoms with Crippen LogP contribution in [0.2, 0.25) is 0 Å². The van der Waals surface area contributed by atoms with Crippen molar-refractivity contribution in [1.82, 2.24) is 4.90 Å². The van der Waals surface area contributed by atoms with Gasteiger partial charge in [0.2, 0.25) is 0 Å². The number of hydrogen-bond donors (Lipinski definition) is 2. The highest BCUT2D eigenvalue weighted by atomic mass is 32.1. The fourth-order valence-electron chi connectivity index (χ4n) is 1.16. The number of nitrogens with zero attached hydrogens (tertiary/aromatic N) is 3. The summed E-state index contributed by atoms with van der Waals surface area (Å²) in [7, 11) is 3.94. The Morgan fingerprint density at radius 2 is 2.06 bits per heavy atom. The maximum atomic E-state index is 8.93. The number of thiophene rings is 1. The minimum Gasteiger partial charge on any atom is -0.396 e. The SMILES string of the molecule is CN(C)CCNc1sc(C#N)c(N)c1C#N. The lowest BCUT2D eigenvalue weighted by molar-refractivity contribution is 0.425. The first kappa shape index (κ1) is 12.3. The third kappa shape index (κ3) is 2.63. The molecular formula is C10H13N5S. The Bertz CT molecular complexity index is 449. The molecule has 0 aliphatic heterocycles. The number of anilines is 2. The van der Waals surface area contributed by atoms with Crippen LogP contribution >= 0.6 is 11.3 Å². The Balaban J connectivity index is 2.81. The van der Waals surface area contributed by atoms with Crippen molar-refractivity contribution in [1.29, 1.82) is 10.5 Å². The van der Waals surface area contributed by atoms with Crippen molar-refractivity contribution in [3.05, 3.63) is 10.4 Å². The quantitative estimate of drug-likeness (QED) is 0.814. The summed E-state index contributed by atoms with van der Waals surface area (Å²) in [5.74, 6) is 0. The van der Waals surface area contributed by atoms with E-state index in [4.69, 9.17) is 16.3 Å². The molecule has 0 saturated carbocycles. The molecule has 1 aromatic heterocycles. The standard InChI is InChI=1S/C10H13N5S/c1-15(2)4-3-14-10-7(5-11)9(13)8(6-12)16-10/h14H,3-4,13H2,1-2H3. The van der Waals surface area contributed by atoms with Crippen LogP contribution in [0.25, 0.3) is 0 Å². The molecule has 1 heterocycles. The molecule has 16 heavy (non-hydrogen) atoms. The van der Waals surface area contributed by atoms with Gasteiger partial charge in [-0.3, -0.25) is 0 Å². The molecule has 84 valence electrons. The number of nitrogen functional groups attached to an aromatic ring is 1. The first-order valence-electron chi connectivity index (χ1n) is 4.71.